The maximum Gasteiger partial charge on any atom is 0.123 e. The second-order valence-electron chi connectivity index (χ2n) is 4.73. The molecule has 0 saturated carbocycles. The lowest BCUT2D eigenvalue weighted by atomic mass is 10.1. The number of benzene rings is 2. The predicted molar refractivity (Wildman–Crippen MR) is 83.0 cm³/mol. The molecule has 0 bridgehead atoms. The standard InChI is InChI=1S/C16H16Cl2FN/c1-11(13-4-7-15(17)16(18)10-13)20-9-8-12-2-5-14(19)6-3-12/h2-7,10-11,20H,8-9H2,1H3. The molecule has 0 fully saturated rings. The molecule has 1 nitrogen and oxygen atoms in total. The molecule has 0 radical (unpaired) electrons. The van der Waals surface area contributed by atoms with Crippen LogP contribution in [0.5, 0.6) is 0 Å². The van der Waals surface area contributed by atoms with E-state index in [1.54, 1.807) is 18.2 Å². The molecular formula is C16H16Cl2FN. The highest BCUT2D eigenvalue weighted by Crippen LogP contribution is 2.25. The van der Waals surface area contributed by atoms with Gasteiger partial charge in [0.2, 0.25) is 0 Å². The van der Waals surface area contributed by atoms with E-state index in [1.165, 1.54) is 12.1 Å². The summed E-state index contributed by atoms with van der Waals surface area (Å²) >= 11 is 11.9. The van der Waals surface area contributed by atoms with E-state index in [4.69, 9.17) is 23.2 Å². The lowest BCUT2D eigenvalue weighted by Gasteiger charge is -2.15. The van der Waals surface area contributed by atoms with E-state index in [0.29, 0.717) is 10.0 Å². The van der Waals surface area contributed by atoms with E-state index in [2.05, 4.69) is 12.2 Å². The first-order chi connectivity index (χ1) is 9.56. The third-order valence-corrected chi connectivity index (χ3v) is 3.96. The van der Waals surface area contributed by atoms with Gasteiger partial charge in [-0.15, -0.1) is 0 Å². The van der Waals surface area contributed by atoms with Gasteiger partial charge in [-0.2, -0.15) is 0 Å². The largest absolute Gasteiger partial charge is 0.310 e. The molecule has 0 saturated heterocycles. The Hall–Kier alpha value is -1.09. The molecular weight excluding hydrogens is 296 g/mol. The number of rotatable bonds is 5. The van der Waals surface area contributed by atoms with Gasteiger partial charge in [-0.05, 0) is 55.3 Å². The first-order valence-electron chi connectivity index (χ1n) is 6.49. The minimum Gasteiger partial charge on any atom is -0.310 e. The molecule has 1 N–H and O–H groups in total. The molecule has 0 aliphatic carbocycles. The Morgan fingerprint density at radius 2 is 1.75 bits per heavy atom. The number of nitrogens with one attached hydrogen (secondary N) is 1. The van der Waals surface area contributed by atoms with Gasteiger partial charge >= 0.3 is 0 Å². The molecule has 0 aliphatic heterocycles. The third-order valence-electron chi connectivity index (χ3n) is 3.22. The van der Waals surface area contributed by atoms with Crippen molar-refractivity contribution in [2.24, 2.45) is 0 Å². The van der Waals surface area contributed by atoms with Gasteiger partial charge in [-0.25, -0.2) is 4.39 Å². The first-order valence-corrected chi connectivity index (χ1v) is 7.24. The highest BCUT2D eigenvalue weighted by Gasteiger charge is 2.07. The maximum atomic E-state index is 12.8. The van der Waals surface area contributed by atoms with Crippen LogP contribution in [0, 0.1) is 5.82 Å². The van der Waals surface area contributed by atoms with Crippen LogP contribution in [0.15, 0.2) is 42.5 Å². The van der Waals surface area contributed by atoms with Crippen molar-refractivity contribution < 1.29 is 4.39 Å². The van der Waals surface area contributed by atoms with Gasteiger partial charge in [0.1, 0.15) is 5.82 Å². The van der Waals surface area contributed by atoms with Crippen molar-refractivity contribution in [1.29, 1.82) is 0 Å². The molecule has 2 aromatic carbocycles. The van der Waals surface area contributed by atoms with Crippen molar-refractivity contribution in [3.05, 3.63) is 69.5 Å². The van der Waals surface area contributed by atoms with Crippen LogP contribution in [0.25, 0.3) is 0 Å². The van der Waals surface area contributed by atoms with Crippen LogP contribution in [0.4, 0.5) is 4.39 Å². The molecule has 1 atom stereocenters. The van der Waals surface area contributed by atoms with Gasteiger partial charge in [0.25, 0.3) is 0 Å². The van der Waals surface area contributed by atoms with E-state index in [9.17, 15) is 4.39 Å². The van der Waals surface area contributed by atoms with Crippen LogP contribution in [0.3, 0.4) is 0 Å². The second-order valence-corrected chi connectivity index (χ2v) is 5.54. The lowest BCUT2D eigenvalue weighted by Crippen LogP contribution is -2.21. The highest BCUT2D eigenvalue weighted by molar-refractivity contribution is 6.42. The monoisotopic (exact) mass is 311 g/mol. The molecule has 0 aliphatic rings. The summed E-state index contributed by atoms with van der Waals surface area (Å²) in [5, 5.41) is 4.54. The molecule has 2 aromatic rings. The molecule has 2 rings (SSSR count). The van der Waals surface area contributed by atoms with Crippen LogP contribution < -0.4 is 5.32 Å². The Kier molecular flexibility index (Phi) is 5.41. The van der Waals surface area contributed by atoms with Crippen molar-refractivity contribution in [3.63, 3.8) is 0 Å². The average Bonchev–Trinajstić information content (AvgIpc) is 2.44. The van der Waals surface area contributed by atoms with E-state index in [0.717, 1.165) is 24.1 Å². The first kappa shape index (κ1) is 15.3. The van der Waals surface area contributed by atoms with Crippen molar-refractivity contribution in [2.75, 3.05) is 6.54 Å². The predicted octanol–water partition coefficient (Wildman–Crippen LogP) is 5.03. The van der Waals surface area contributed by atoms with E-state index in [1.807, 2.05) is 12.1 Å². The van der Waals surface area contributed by atoms with Crippen molar-refractivity contribution >= 4 is 23.2 Å². The summed E-state index contributed by atoms with van der Waals surface area (Å²) in [4.78, 5) is 0. The minimum absolute atomic E-state index is 0.185. The molecule has 1 unspecified atom stereocenters. The fraction of sp³-hybridized carbons (Fsp3) is 0.250. The van der Waals surface area contributed by atoms with Crippen molar-refractivity contribution in [3.8, 4) is 0 Å². The molecule has 0 amide bonds. The van der Waals surface area contributed by atoms with Gasteiger partial charge < -0.3 is 5.32 Å². The SMILES string of the molecule is CC(NCCc1ccc(F)cc1)c1ccc(Cl)c(Cl)c1. The zero-order valence-corrected chi connectivity index (χ0v) is 12.7. The zero-order chi connectivity index (χ0) is 14.5. The Morgan fingerprint density at radius 3 is 2.40 bits per heavy atom. The van der Waals surface area contributed by atoms with Crippen LogP contribution in [0.2, 0.25) is 10.0 Å². The van der Waals surface area contributed by atoms with Crippen molar-refractivity contribution in [1.82, 2.24) is 5.32 Å². The van der Waals surface area contributed by atoms with Gasteiger partial charge in [0.15, 0.2) is 0 Å². The van der Waals surface area contributed by atoms with Crippen LogP contribution in [0.1, 0.15) is 24.1 Å². The van der Waals surface area contributed by atoms with Gasteiger partial charge in [0.05, 0.1) is 10.0 Å². The summed E-state index contributed by atoms with van der Waals surface area (Å²) in [6.07, 6.45) is 0.853. The quantitative estimate of drug-likeness (QED) is 0.817. The molecule has 106 valence electrons. The summed E-state index contributed by atoms with van der Waals surface area (Å²) < 4.78 is 12.8. The molecule has 4 heteroatoms. The molecule has 0 spiro atoms. The molecule has 0 heterocycles. The summed E-state index contributed by atoms with van der Waals surface area (Å²) in [6, 6.07) is 12.4. The zero-order valence-electron chi connectivity index (χ0n) is 11.2. The molecule has 20 heavy (non-hydrogen) atoms. The van der Waals surface area contributed by atoms with E-state index in [-0.39, 0.29) is 11.9 Å². The van der Waals surface area contributed by atoms with E-state index < -0.39 is 0 Å². The highest BCUT2D eigenvalue weighted by atomic mass is 35.5. The maximum absolute atomic E-state index is 12.8. The summed E-state index contributed by atoms with van der Waals surface area (Å²) in [6.45, 7) is 2.89. The summed E-state index contributed by atoms with van der Waals surface area (Å²) in [5.41, 5.74) is 2.21. The Balaban J connectivity index is 1.87. The van der Waals surface area contributed by atoms with Gasteiger partial charge in [-0.3, -0.25) is 0 Å². The summed E-state index contributed by atoms with van der Waals surface area (Å²) in [5.74, 6) is -0.203. The Morgan fingerprint density at radius 1 is 1.05 bits per heavy atom. The fourth-order valence-electron chi connectivity index (χ4n) is 1.98. The van der Waals surface area contributed by atoms with E-state index >= 15 is 0 Å². The number of halogens is 3. The van der Waals surface area contributed by atoms with Crippen molar-refractivity contribution in [2.45, 2.75) is 19.4 Å². The smallest absolute Gasteiger partial charge is 0.123 e. The second kappa shape index (κ2) is 7.07. The minimum atomic E-state index is -0.203. The lowest BCUT2D eigenvalue weighted by molar-refractivity contribution is 0.576. The number of hydrogen-bond donors (Lipinski definition) is 1. The summed E-state index contributed by atoms with van der Waals surface area (Å²) in [7, 11) is 0. The van der Waals surface area contributed by atoms with Gasteiger partial charge in [0, 0.05) is 6.04 Å². The van der Waals surface area contributed by atoms with Crippen LogP contribution >= 0.6 is 23.2 Å². The Labute approximate surface area is 128 Å². The Bertz CT molecular complexity index is 569. The topological polar surface area (TPSA) is 12.0 Å². The normalized spacial score (nSPS) is 12.4. The van der Waals surface area contributed by atoms with Crippen LogP contribution in [-0.2, 0) is 6.42 Å². The average molecular weight is 312 g/mol. The third kappa shape index (κ3) is 4.20. The van der Waals surface area contributed by atoms with Gasteiger partial charge in [-0.1, -0.05) is 41.4 Å². The van der Waals surface area contributed by atoms with Crippen LogP contribution in [-0.4, -0.2) is 6.54 Å². The fourth-order valence-corrected chi connectivity index (χ4v) is 2.29. The molecule has 0 aromatic heterocycles. The number of hydrogen-bond acceptors (Lipinski definition) is 1.